The average molecular weight is 696 g/mol. The third-order valence-corrected chi connectivity index (χ3v) is 9.59. The molecule has 262 valence electrons. The van der Waals surface area contributed by atoms with Crippen LogP contribution in [-0.4, -0.2) is 33.0 Å². The smallest absolute Gasteiger partial charge is 0.361 e. The number of hydrogen-bond donors (Lipinski definition) is 0. The summed E-state index contributed by atoms with van der Waals surface area (Å²) in [5.74, 6) is 3.38. The van der Waals surface area contributed by atoms with Gasteiger partial charge in [0.1, 0.15) is 24.3 Å². The average Bonchev–Trinajstić information content (AvgIpc) is 3.55. The Morgan fingerprint density at radius 3 is 1.88 bits per heavy atom. The first-order chi connectivity index (χ1) is 25.5. The van der Waals surface area contributed by atoms with Crippen LogP contribution in [0.4, 0.5) is 0 Å². The second-order valence-corrected chi connectivity index (χ2v) is 12.5. The van der Waals surface area contributed by atoms with Crippen LogP contribution in [0.15, 0.2) is 112 Å². The van der Waals surface area contributed by atoms with Gasteiger partial charge in [0, 0.05) is 34.5 Å². The summed E-state index contributed by atoms with van der Waals surface area (Å²) < 4.78 is 43.8. The van der Waals surface area contributed by atoms with Crippen LogP contribution in [0.5, 0.6) is 34.5 Å². The lowest BCUT2D eigenvalue weighted by Crippen LogP contribution is -2.15. The number of rotatable bonds is 11. The van der Waals surface area contributed by atoms with E-state index < -0.39 is 5.63 Å². The van der Waals surface area contributed by atoms with Crippen molar-refractivity contribution >= 4 is 21.9 Å². The van der Waals surface area contributed by atoms with E-state index in [1.165, 1.54) is 0 Å². The summed E-state index contributed by atoms with van der Waals surface area (Å²) in [6.45, 7) is 1.26. The van der Waals surface area contributed by atoms with Gasteiger partial charge in [-0.2, -0.15) is 0 Å². The summed E-state index contributed by atoms with van der Waals surface area (Å²) in [7, 11) is 6.48. The summed E-state index contributed by atoms with van der Waals surface area (Å²) >= 11 is 0. The topological polar surface area (TPSA) is 90.5 Å². The van der Waals surface area contributed by atoms with Crippen LogP contribution in [-0.2, 0) is 26.2 Å². The highest BCUT2D eigenvalue weighted by molar-refractivity contribution is 6.17. The van der Waals surface area contributed by atoms with Gasteiger partial charge in [-0.15, -0.1) is 0 Å². The number of benzene rings is 5. The van der Waals surface area contributed by atoms with Crippen molar-refractivity contribution in [3.8, 4) is 56.9 Å². The first-order valence-corrected chi connectivity index (χ1v) is 17.0. The Balaban J connectivity index is 1.36. The lowest BCUT2D eigenvalue weighted by molar-refractivity contribution is 0.284. The molecule has 0 N–H and O–H groups in total. The molecule has 0 aliphatic carbocycles. The molecule has 0 bridgehead atoms. The number of ether oxygens (including phenoxy) is 6. The number of hydrogen-bond acceptors (Lipinski definition) is 8. The molecule has 0 atom stereocenters. The van der Waals surface area contributed by atoms with E-state index in [1.807, 2.05) is 97.1 Å². The molecule has 0 radical (unpaired) electrons. The van der Waals surface area contributed by atoms with Gasteiger partial charge in [-0.3, -0.25) is 0 Å². The minimum Gasteiger partial charge on any atom is -0.493 e. The summed E-state index contributed by atoms with van der Waals surface area (Å²) in [6, 6.07) is 33.3. The van der Waals surface area contributed by atoms with Crippen molar-refractivity contribution < 1.29 is 32.8 Å². The van der Waals surface area contributed by atoms with Crippen LogP contribution in [0, 0.1) is 0 Å². The SMILES string of the molecule is COc1cc2c(cc1OC)-c1c(-c3ccc(OCc4ccccc4)c(OC)c3)c3c4cc(OC)c(OCc5ccccc5)cc4oc(=O)c3n1CC2. The van der Waals surface area contributed by atoms with Crippen LogP contribution in [0.2, 0.25) is 0 Å². The van der Waals surface area contributed by atoms with Gasteiger partial charge in [0.2, 0.25) is 0 Å². The minimum absolute atomic E-state index is 0.321. The summed E-state index contributed by atoms with van der Waals surface area (Å²) in [6.07, 6.45) is 0.675. The first-order valence-electron chi connectivity index (χ1n) is 17.0. The summed E-state index contributed by atoms with van der Waals surface area (Å²) in [5.41, 5.74) is 6.98. The maximum Gasteiger partial charge on any atom is 0.361 e. The van der Waals surface area contributed by atoms with E-state index in [2.05, 4.69) is 4.57 Å². The molecule has 0 spiro atoms. The zero-order valence-electron chi connectivity index (χ0n) is 29.4. The van der Waals surface area contributed by atoms with Crippen LogP contribution < -0.4 is 34.0 Å². The molecule has 7 aromatic rings. The van der Waals surface area contributed by atoms with Crippen LogP contribution in [0.3, 0.4) is 0 Å². The Morgan fingerprint density at radius 2 is 1.23 bits per heavy atom. The lowest BCUT2D eigenvalue weighted by Gasteiger charge is -2.23. The van der Waals surface area contributed by atoms with Crippen molar-refractivity contribution in [2.45, 2.75) is 26.2 Å². The van der Waals surface area contributed by atoms with Gasteiger partial charge in [-0.1, -0.05) is 66.7 Å². The third kappa shape index (κ3) is 5.74. The Bertz CT molecular complexity index is 2480. The molecule has 0 fully saturated rings. The van der Waals surface area contributed by atoms with E-state index in [1.54, 1.807) is 34.5 Å². The maximum atomic E-state index is 14.1. The molecule has 9 heteroatoms. The fourth-order valence-electron chi connectivity index (χ4n) is 7.11. The number of aryl methyl sites for hydroxylation is 2. The Labute approximate surface area is 300 Å². The molecule has 1 aliphatic rings. The Morgan fingerprint density at radius 1 is 0.635 bits per heavy atom. The van der Waals surface area contributed by atoms with Gasteiger partial charge >= 0.3 is 5.63 Å². The van der Waals surface area contributed by atoms with Gasteiger partial charge in [-0.25, -0.2) is 4.79 Å². The fraction of sp³-hybridized carbons (Fsp3) is 0.186. The molecule has 1 aliphatic heterocycles. The molecule has 0 saturated heterocycles. The van der Waals surface area contributed by atoms with Crippen molar-refractivity contribution in [3.63, 3.8) is 0 Å². The van der Waals surface area contributed by atoms with E-state index >= 15 is 0 Å². The van der Waals surface area contributed by atoms with Gasteiger partial charge < -0.3 is 37.4 Å². The van der Waals surface area contributed by atoms with Crippen molar-refractivity contribution in [3.05, 3.63) is 130 Å². The largest absolute Gasteiger partial charge is 0.493 e. The number of methoxy groups -OCH3 is 4. The molecule has 0 saturated carbocycles. The molecule has 8 rings (SSSR count). The monoisotopic (exact) mass is 695 g/mol. The molecule has 5 aromatic carbocycles. The zero-order valence-corrected chi connectivity index (χ0v) is 29.4. The summed E-state index contributed by atoms with van der Waals surface area (Å²) in [5, 5.41) is 1.44. The van der Waals surface area contributed by atoms with Crippen molar-refractivity contribution in [2.24, 2.45) is 0 Å². The molecular formula is C43H37NO8. The highest BCUT2D eigenvalue weighted by atomic mass is 16.5. The van der Waals surface area contributed by atoms with Crippen molar-refractivity contribution in [1.29, 1.82) is 0 Å². The van der Waals surface area contributed by atoms with E-state index in [-0.39, 0.29) is 0 Å². The Kier molecular flexibility index (Phi) is 8.68. The highest BCUT2D eigenvalue weighted by Gasteiger charge is 2.31. The molecular weight excluding hydrogens is 658 g/mol. The third-order valence-electron chi connectivity index (χ3n) is 9.59. The first kappa shape index (κ1) is 32.8. The minimum atomic E-state index is -0.451. The van der Waals surface area contributed by atoms with Gasteiger partial charge in [0.15, 0.2) is 34.5 Å². The van der Waals surface area contributed by atoms with Crippen molar-refractivity contribution in [2.75, 3.05) is 28.4 Å². The summed E-state index contributed by atoms with van der Waals surface area (Å²) in [4.78, 5) is 14.1. The van der Waals surface area contributed by atoms with Crippen LogP contribution in [0.25, 0.3) is 44.3 Å². The fourth-order valence-corrected chi connectivity index (χ4v) is 7.11. The lowest BCUT2D eigenvalue weighted by atomic mass is 9.91. The normalized spacial score (nSPS) is 11.9. The van der Waals surface area contributed by atoms with Gasteiger partial charge in [-0.05, 0) is 59.0 Å². The second-order valence-electron chi connectivity index (χ2n) is 12.5. The number of nitrogens with zero attached hydrogens (tertiary/aromatic N) is 1. The number of aromatic nitrogens is 1. The second kappa shape index (κ2) is 13.8. The van der Waals surface area contributed by atoms with E-state index in [0.29, 0.717) is 77.2 Å². The molecule has 9 nitrogen and oxygen atoms in total. The standard InChI is InChI=1S/C43H37NO8/c1-46-34-20-29(15-16-32(34)50-24-26-11-7-5-8-12-26)39-40-31-22-37(49-4)38(51-25-27-13-9-6-10-14-27)23-33(31)52-43(45)42(40)44-18-17-28-19-35(47-2)36(48-3)21-30(28)41(39)44/h5-16,19-23H,17-18,24-25H2,1-4H3. The van der Waals surface area contributed by atoms with E-state index in [0.717, 1.165) is 44.5 Å². The molecule has 0 amide bonds. The van der Waals surface area contributed by atoms with E-state index in [4.69, 9.17) is 32.8 Å². The van der Waals surface area contributed by atoms with Crippen LogP contribution >= 0.6 is 0 Å². The molecule has 2 aromatic heterocycles. The number of fused-ring (bicyclic) bond motifs is 7. The van der Waals surface area contributed by atoms with Gasteiger partial charge in [0.05, 0.1) is 34.1 Å². The predicted octanol–water partition coefficient (Wildman–Crippen LogP) is 8.83. The maximum absolute atomic E-state index is 14.1. The Hall–Kier alpha value is -6.35. The van der Waals surface area contributed by atoms with Gasteiger partial charge in [0.25, 0.3) is 0 Å². The predicted molar refractivity (Wildman–Crippen MR) is 200 cm³/mol. The van der Waals surface area contributed by atoms with Crippen molar-refractivity contribution in [1.82, 2.24) is 4.57 Å². The highest BCUT2D eigenvalue weighted by Crippen LogP contribution is 2.50. The quantitative estimate of drug-likeness (QED) is 0.124. The molecule has 52 heavy (non-hydrogen) atoms. The zero-order chi connectivity index (χ0) is 35.8. The molecule has 0 unspecified atom stereocenters. The van der Waals surface area contributed by atoms with Crippen LogP contribution in [0.1, 0.15) is 16.7 Å². The van der Waals surface area contributed by atoms with E-state index in [9.17, 15) is 4.79 Å². The molecule has 3 heterocycles.